The summed E-state index contributed by atoms with van der Waals surface area (Å²) in [7, 11) is -2.83. The minimum atomic E-state index is -4.44. The van der Waals surface area contributed by atoms with Crippen molar-refractivity contribution < 1.29 is 31.1 Å². The topological polar surface area (TPSA) is 90.3 Å². The predicted octanol–water partition coefficient (Wildman–Crippen LogP) is 2.70. The van der Waals surface area contributed by atoms with E-state index in [2.05, 4.69) is 14.6 Å². The van der Waals surface area contributed by atoms with Crippen LogP contribution in [0.1, 0.15) is 19.4 Å². The Morgan fingerprint density at radius 2 is 1.81 bits per heavy atom. The number of nitrogens with zero attached hydrogens (tertiary/aromatic N) is 2. The Hall–Kier alpha value is -2.56. The Balaban J connectivity index is 2.18. The van der Waals surface area contributed by atoms with Gasteiger partial charge in [-0.2, -0.15) is 18.3 Å². The van der Waals surface area contributed by atoms with Crippen molar-refractivity contribution in [3.63, 3.8) is 0 Å². The molecule has 0 saturated heterocycles. The van der Waals surface area contributed by atoms with Gasteiger partial charge in [-0.3, -0.25) is 14.2 Å². The zero-order chi connectivity index (χ0) is 20.5. The normalized spacial score (nSPS) is 12.7. The summed E-state index contributed by atoms with van der Waals surface area (Å²) < 4.78 is 71.7. The van der Waals surface area contributed by atoms with Crippen molar-refractivity contribution in [1.82, 2.24) is 9.78 Å². The molecule has 2 rings (SSSR count). The van der Waals surface area contributed by atoms with Crippen LogP contribution < -0.4 is 4.72 Å². The standard InChI is InChI=1S/C16H18F3N3O4S/c1-15(2,16(17,18)19)11-4-6-12(7-5-11)21-27(24,25)13-8-20-22(9-13)10-14(23)26-3/h4-9,21H,10H2,1-3H3. The number of carbonyl (C=O) groups excluding carboxylic acids is 1. The lowest BCUT2D eigenvalue weighted by molar-refractivity contribution is -0.180. The third-order valence-electron chi connectivity index (χ3n) is 4.01. The summed E-state index contributed by atoms with van der Waals surface area (Å²) in [6.07, 6.45) is -2.25. The lowest BCUT2D eigenvalue weighted by atomic mass is 9.84. The fourth-order valence-electron chi connectivity index (χ4n) is 2.10. The molecule has 1 heterocycles. The van der Waals surface area contributed by atoms with Crippen molar-refractivity contribution in [2.75, 3.05) is 11.8 Å². The molecule has 1 N–H and O–H groups in total. The molecule has 148 valence electrons. The number of halogens is 3. The Morgan fingerprint density at radius 1 is 1.22 bits per heavy atom. The van der Waals surface area contributed by atoms with Gasteiger partial charge in [0.05, 0.1) is 18.7 Å². The Kier molecular flexibility index (Phi) is 5.55. The average molecular weight is 405 g/mol. The molecule has 0 unspecified atom stereocenters. The summed E-state index contributed by atoms with van der Waals surface area (Å²) in [5.41, 5.74) is -1.97. The van der Waals surface area contributed by atoms with Gasteiger partial charge in [0.25, 0.3) is 10.0 Å². The fraction of sp³-hybridized carbons (Fsp3) is 0.375. The Labute approximate surface area is 154 Å². The third kappa shape index (κ3) is 4.59. The molecule has 1 aromatic heterocycles. The molecule has 0 aliphatic carbocycles. The van der Waals surface area contributed by atoms with Crippen molar-refractivity contribution in [1.29, 1.82) is 0 Å². The largest absolute Gasteiger partial charge is 0.468 e. The van der Waals surface area contributed by atoms with Crippen molar-refractivity contribution in [2.45, 2.75) is 36.9 Å². The van der Waals surface area contributed by atoms with E-state index in [1.54, 1.807) is 0 Å². The van der Waals surface area contributed by atoms with Crippen LogP contribution in [0.5, 0.6) is 0 Å². The highest BCUT2D eigenvalue weighted by molar-refractivity contribution is 7.92. The minimum Gasteiger partial charge on any atom is -0.468 e. The number of esters is 1. The van der Waals surface area contributed by atoms with Gasteiger partial charge in [0.15, 0.2) is 0 Å². The maximum Gasteiger partial charge on any atom is 0.397 e. The van der Waals surface area contributed by atoms with E-state index < -0.39 is 27.6 Å². The number of ether oxygens (including phenoxy) is 1. The highest BCUT2D eigenvalue weighted by atomic mass is 32.2. The molecule has 0 radical (unpaired) electrons. The van der Waals surface area contributed by atoms with Crippen LogP contribution in [0.25, 0.3) is 0 Å². The van der Waals surface area contributed by atoms with Gasteiger partial charge in [0.1, 0.15) is 11.4 Å². The number of sulfonamides is 1. The van der Waals surface area contributed by atoms with E-state index in [0.717, 1.165) is 30.9 Å². The van der Waals surface area contributed by atoms with Gasteiger partial charge >= 0.3 is 12.1 Å². The van der Waals surface area contributed by atoms with E-state index in [4.69, 9.17) is 0 Å². The molecule has 0 saturated carbocycles. The molecular formula is C16H18F3N3O4S. The monoisotopic (exact) mass is 405 g/mol. The van der Waals surface area contributed by atoms with Gasteiger partial charge in [-0.15, -0.1) is 0 Å². The second-order valence-corrected chi connectivity index (χ2v) is 7.94. The molecular weight excluding hydrogens is 387 g/mol. The van der Waals surface area contributed by atoms with Crippen LogP contribution in [0.15, 0.2) is 41.6 Å². The molecule has 11 heteroatoms. The van der Waals surface area contributed by atoms with Crippen LogP contribution in [0.4, 0.5) is 18.9 Å². The number of hydrogen-bond donors (Lipinski definition) is 1. The highest BCUT2D eigenvalue weighted by Crippen LogP contribution is 2.40. The van der Waals surface area contributed by atoms with Gasteiger partial charge < -0.3 is 4.74 Å². The Morgan fingerprint density at radius 3 is 2.33 bits per heavy atom. The SMILES string of the molecule is COC(=O)Cn1cc(S(=O)(=O)Nc2ccc(C(C)(C)C(F)(F)F)cc2)cn1. The average Bonchev–Trinajstić information content (AvgIpc) is 3.03. The zero-order valence-corrected chi connectivity index (χ0v) is 15.6. The van der Waals surface area contributed by atoms with Gasteiger partial charge in [-0.05, 0) is 31.5 Å². The molecule has 7 nitrogen and oxygen atoms in total. The van der Waals surface area contributed by atoms with Crippen LogP contribution >= 0.6 is 0 Å². The van der Waals surface area contributed by atoms with E-state index in [1.165, 1.54) is 31.4 Å². The summed E-state index contributed by atoms with van der Waals surface area (Å²) in [4.78, 5) is 11.0. The van der Waals surface area contributed by atoms with Crippen molar-refractivity contribution in [2.24, 2.45) is 0 Å². The lowest BCUT2D eigenvalue weighted by Crippen LogP contribution is -2.36. The first kappa shape index (κ1) is 20.7. The predicted molar refractivity (Wildman–Crippen MR) is 90.6 cm³/mol. The Bertz CT molecular complexity index is 919. The van der Waals surface area contributed by atoms with E-state index in [0.29, 0.717) is 0 Å². The van der Waals surface area contributed by atoms with E-state index >= 15 is 0 Å². The summed E-state index contributed by atoms with van der Waals surface area (Å²) in [5.74, 6) is -0.599. The summed E-state index contributed by atoms with van der Waals surface area (Å²) in [6.45, 7) is 1.83. The summed E-state index contributed by atoms with van der Waals surface area (Å²) >= 11 is 0. The smallest absolute Gasteiger partial charge is 0.397 e. The van der Waals surface area contributed by atoms with Gasteiger partial charge in [-0.25, -0.2) is 8.42 Å². The molecule has 0 aliphatic rings. The van der Waals surface area contributed by atoms with Crippen LogP contribution in [-0.2, 0) is 31.5 Å². The second-order valence-electron chi connectivity index (χ2n) is 6.26. The van der Waals surface area contributed by atoms with E-state index in [-0.39, 0.29) is 22.7 Å². The summed E-state index contributed by atoms with van der Waals surface area (Å²) in [6, 6.07) is 4.93. The number of benzene rings is 1. The third-order valence-corrected chi connectivity index (χ3v) is 5.34. The molecule has 0 bridgehead atoms. The molecule has 2 aromatic rings. The van der Waals surface area contributed by atoms with Crippen LogP contribution in [0.2, 0.25) is 0 Å². The second kappa shape index (κ2) is 7.22. The molecule has 0 amide bonds. The number of carbonyl (C=O) groups is 1. The zero-order valence-electron chi connectivity index (χ0n) is 14.7. The van der Waals surface area contributed by atoms with Gasteiger partial charge in [-0.1, -0.05) is 12.1 Å². The summed E-state index contributed by atoms with van der Waals surface area (Å²) in [5, 5.41) is 3.76. The molecule has 0 atom stereocenters. The number of anilines is 1. The van der Waals surface area contributed by atoms with Crippen molar-refractivity contribution >= 4 is 21.7 Å². The van der Waals surface area contributed by atoms with Crippen molar-refractivity contribution in [3.8, 4) is 0 Å². The van der Waals surface area contributed by atoms with Gasteiger partial charge in [0, 0.05) is 11.9 Å². The number of rotatable bonds is 6. The molecule has 0 aliphatic heterocycles. The van der Waals surface area contributed by atoms with Crippen LogP contribution in [0.3, 0.4) is 0 Å². The van der Waals surface area contributed by atoms with E-state index in [1.807, 2.05) is 0 Å². The number of hydrogen-bond acceptors (Lipinski definition) is 5. The first-order valence-electron chi connectivity index (χ1n) is 7.66. The number of nitrogens with one attached hydrogen (secondary N) is 1. The number of methoxy groups -OCH3 is 1. The van der Waals surface area contributed by atoms with Crippen molar-refractivity contribution in [3.05, 3.63) is 42.2 Å². The highest BCUT2D eigenvalue weighted by Gasteiger charge is 2.48. The van der Waals surface area contributed by atoms with Gasteiger partial charge in [0.2, 0.25) is 0 Å². The molecule has 0 fully saturated rings. The maximum absolute atomic E-state index is 13.1. The van der Waals surface area contributed by atoms with Crippen LogP contribution in [0, 0.1) is 0 Å². The number of aromatic nitrogens is 2. The fourth-order valence-corrected chi connectivity index (χ4v) is 3.11. The van der Waals surface area contributed by atoms with Crippen LogP contribution in [-0.4, -0.2) is 37.5 Å². The van der Waals surface area contributed by atoms with E-state index in [9.17, 15) is 26.4 Å². The lowest BCUT2D eigenvalue weighted by Gasteiger charge is -2.28. The molecule has 1 aromatic carbocycles. The molecule has 27 heavy (non-hydrogen) atoms. The maximum atomic E-state index is 13.1. The molecule has 0 spiro atoms. The number of alkyl halides is 3. The first-order valence-corrected chi connectivity index (χ1v) is 9.14. The quantitative estimate of drug-likeness (QED) is 0.747. The minimum absolute atomic E-state index is 0.00356. The first-order chi connectivity index (χ1) is 12.4.